The van der Waals surface area contributed by atoms with Gasteiger partial charge in [0.1, 0.15) is 17.3 Å². The molecule has 3 aromatic rings. The van der Waals surface area contributed by atoms with Gasteiger partial charge in [-0.3, -0.25) is 4.57 Å². The highest BCUT2D eigenvalue weighted by Crippen LogP contribution is 2.38. The molecule has 0 atom stereocenters. The number of methoxy groups -OCH3 is 4. The number of nitrogens with zero attached hydrogens (tertiary/aromatic N) is 2. The molecule has 8 nitrogen and oxygen atoms in total. The number of hydrogen-bond acceptors (Lipinski definition) is 7. The van der Waals surface area contributed by atoms with Crippen LogP contribution in [0.5, 0.6) is 23.0 Å². The number of aromatic nitrogens is 2. The number of anilines is 1. The molecule has 0 fully saturated rings. The van der Waals surface area contributed by atoms with Crippen LogP contribution < -0.4 is 30.0 Å². The third-order valence-electron chi connectivity index (χ3n) is 5.39. The first kappa shape index (κ1) is 23.3. The molecular weight excluding hydrogens is 434 g/mol. The molecule has 1 aromatic heterocycles. The average molecular weight is 460 g/mol. The van der Waals surface area contributed by atoms with E-state index in [1.165, 1.54) is 0 Å². The van der Waals surface area contributed by atoms with Gasteiger partial charge in [-0.25, -0.2) is 4.79 Å². The maximum atomic E-state index is 12.7. The van der Waals surface area contributed by atoms with Crippen LogP contribution in [0.25, 0.3) is 11.3 Å². The van der Waals surface area contributed by atoms with E-state index in [1.54, 1.807) is 33.0 Å². The monoisotopic (exact) mass is 459 g/mol. The molecule has 0 unspecified atom stereocenters. The van der Waals surface area contributed by atoms with Crippen molar-refractivity contribution >= 4 is 18.2 Å². The molecule has 2 heterocycles. The van der Waals surface area contributed by atoms with Crippen LogP contribution in [0.2, 0.25) is 0 Å². The quantitative estimate of drug-likeness (QED) is 0.578. The number of benzene rings is 2. The Bertz CT molecular complexity index is 1160. The summed E-state index contributed by atoms with van der Waals surface area (Å²) >= 11 is 0. The van der Waals surface area contributed by atoms with Gasteiger partial charge < -0.3 is 24.3 Å². The molecule has 0 saturated heterocycles. The first-order chi connectivity index (χ1) is 15.1. The Morgan fingerprint density at radius 2 is 1.56 bits per heavy atom. The van der Waals surface area contributed by atoms with E-state index < -0.39 is 0 Å². The van der Waals surface area contributed by atoms with E-state index in [9.17, 15) is 4.79 Å². The minimum absolute atomic E-state index is 0. The van der Waals surface area contributed by atoms with Gasteiger partial charge >= 0.3 is 5.69 Å². The van der Waals surface area contributed by atoms with E-state index in [-0.39, 0.29) is 18.1 Å². The van der Waals surface area contributed by atoms with Gasteiger partial charge in [0, 0.05) is 30.8 Å². The Morgan fingerprint density at radius 3 is 2.19 bits per heavy atom. The van der Waals surface area contributed by atoms with Crippen LogP contribution in [0.1, 0.15) is 11.1 Å². The highest BCUT2D eigenvalue weighted by Gasteiger charge is 2.21. The normalized spacial score (nSPS) is 11.5. The fourth-order valence-corrected chi connectivity index (χ4v) is 3.80. The molecule has 2 aromatic carbocycles. The van der Waals surface area contributed by atoms with Gasteiger partial charge in [0.15, 0.2) is 11.5 Å². The van der Waals surface area contributed by atoms with Crippen LogP contribution in [0, 0.1) is 0 Å². The number of aryl methyl sites for hydroxylation is 1. The Morgan fingerprint density at radius 1 is 0.906 bits per heavy atom. The molecule has 1 N–H and O–H groups in total. The summed E-state index contributed by atoms with van der Waals surface area (Å²) in [7, 11) is 6.43. The minimum atomic E-state index is -0.288. The van der Waals surface area contributed by atoms with Crippen molar-refractivity contribution in [1.29, 1.82) is 0 Å². The molecule has 4 rings (SSSR count). The van der Waals surface area contributed by atoms with Crippen molar-refractivity contribution in [2.24, 2.45) is 0 Å². The molecule has 0 radical (unpaired) electrons. The molecule has 0 saturated carbocycles. The topological polar surface area (TPSA) is 83.8 Å². The standard InChI is InChI=1S/C23H25N3O5.ClH/c1-28-16-7-14(8-17(10-16)29-2)13-24-22-12-19-18-11-21(31-4)20(30-3)9-15(18)5-6-26(19)23(27)25-22;/h7-12H,5-6,13H2,1-4H3,(H,24,25,27);1H. The van der Waals surface area contributed by atoms with E-state index in [2.05, 4.69) is 10.3 Å². The molecule has 0 spiro atoms. The Labute approximate surface area is 192 Å². The predicted molar refractivity (Wildman–Crippen MR) is 125 cm³/mol. The smallest absolute Gasteiger partial charge is 0.349 e. The number of rotatable bonds is 7. The molecule has 0 aliphatic carbocycles. The first-order valence-corrected chi connectivity index (χ1v) is 9.89. The number of fused-ring (bicyclic) bond motifs is 3. The third kappa shape index (κ3) is 4.45. The van der Waals surface area contributed by atoms with E-state index in [0.717, 1.165) is 28.8 Å². The second-order valence-corrected chi connectivity index (χ2v) is 7.15. The molecule has 1 aliphatic rings. The van der Waals surface area contributed by atoms with Crippen LogP contribution in [0.3, 0.4) is 0 Å². The number of ether oxygens (including phenoxy) is 4. The molecule has 0 bridgehead atoms. The Kier molecular flexibility index (Phi) is 7.15. The lowest BCUT2D eigenvalue weighted by Gasteiger charge is -2.23. The summed E-state index contributed by atoms with van der Waals surface area (Å²) in [4.78, 5) is 16.9. The summed E-state index contributed by atoms with van der Waals surface area (Å²) in [5.41, 5.74) is 3.50. The maximum Gasteiger partial charge on any atom is 0.349 e. The van der Waals surface area contributed by atoms with Crippen LogP contribution in [0.4, 0.5) is 5.82 Å². The van der Waals surface area contributed by atoms with Crippen LogP contribution in [-0.2, 0) is 19.5 Å². The van der Waals surface area contributed by atoms with Gasteiger partial charge in [-0.1, -0.05) is 0 Å². The molecular formula is C23H26ClN3O5. The van der Waals surface area contributed by atoms with Gasteiger partial charge in [0.05, 0.1) is 34.1 Å². The third-order valence-corrected chi connectivity index (χ3v) is 5.39. The van der Waals surface area contributed by atoms with Crippen LogP contribution in [-0.4, -0.2) is 38.0 Å². The summed E-state index contributed by atoms with van der Waals surface area (Å²) in [6.45, 7) is 1.03. The van der Waals surface area contributed by atoms with Gasteiger partial charge in [0.25, 0.3) is 0 Å². The molecule has 170 valence electrons. The van der Waals surface area contributed by atoms with E-state index in [4.69, 9.17) is 18.9 Å². The number of halogens is 1. The summed E-state index contributed by atoms with van der Waals surface area (Å²) in [5.74, 6) is 3.20. The van der Waals surface area contributed by atoms with Crippen molar-refractivity contribution in [3.63, 3.8) is 0 Å². The van der Waals surface area contributed by atoms with Crippen molar-refractivity contribution in [2.45, 2.75) is 19.5 Å². The Balaban J connectivity index is 0.00000289. The second kappa shape index (κ2) is 9.82. The van der Waals surface area contributed by atoms with E-state index in [1.807, 2.05) is 36.4 Å². The summed E-state index contributed by atoms with van der Waals surface area (Å²) in [6.07, 6.45) is 0.723. The molecule has 9 heteroatoms. The molecule has 1 aliphatic heterocycles. The lowest BCUT2D eigenvalue weighted by atomic mass is 9.97. The van der Waals surface area contributed by atoms with Gasteiger partial charge in [-0.05, 0) is 41.8 Å². The van der Waals surface area contributed by atoms with E-state index in [0.29, 0.717) is 41.9 Å². The zero-order valence-corrected chi connectivity index (χ0v) is 19.2. The summed E-state index contributed by atoms with van der Waals surface area (Å²) < 4.78 is 23.2. The Hall–Kier alpha value is -3.39. The predicted octanol–water partition coefficient (Wildman–Crippen LogP) is 3.53. The van der Waals surface area contributed by atoms with Crippen molar-refractivity contribution < 1.29 is 18.9 Å². The lowest BCUT2D eigenvalue weighted by molar-refractivity contribution is 0.354. The second-order valence-electron chi connectivity index (χ2n) is 7.15. The van der Waals surface area contributed by atoms with Gasteiger partial charge in [-0.2, -0.15) is 4.98 Å². The highest BCUT2D eigenvalue weighted by molar-refractivity contribution is 5.85. The van der Waals surface area contributed by atoms with Gasteiger partial charge in [-0.15, -0.1) is 12.4 Å². The van der Waals surface area contributed by atoms with Crippen molar-refractivity contribution in [1.82, 2.24) is 9.55 Å². The molecule has 0 amide bonds. The summed E-state index contributed by atoms with van der Waals surface area (Å²) in [5, 5.41) is 3.24. The lowest BCUT2D eigenvalue weighted by Crippen LogP contribution is -2.29. The van der Waals surface area contributed by atoms with Gasteiger partial charge in [0.2, 0.25) is 0 Å². The van der Waals surface area contributed by atoms with E-state index >= 15 is 0 Å². The maximum absolute atomic E-state index is 12.7. The average Bonchev–Trinajstić information content (AvgIpc) is 2.81. The fraction of sp³-hybridized carbons (Fsp3) is 0.304. The van der Waals surface area contributed by atoms with Crippen molar-refractivity contribution in [3.8, 4) is 34.3 Å². The highest BCUT2D eigenvalue weighted by atomic mass is 35.5. The minimum Gasteiger partial charge on any atom is -0.497 e. The SMILES string of the molecule is COc1cc(CNc2cc3n(c(=O)n2)CCc2cc(OC)c(OC)cc2-3)cc(OC)c1.Cl. The van der Waals surface area contributed by atoms with Crippen LogP contribution >= 0.6 is 12.4 Å². The zero-order valence-electron chi connectivity index (χ0n) is 18.4. The van der Waals surface area contributed by atoms with Crippen LogP contribution in [0.15, 0.2) is 41.2 Å². The molecule has 32 heavy (non-hydrogen) atoms. The first-order valence-electron chi connectivity index (χ1n) is 9.89. The largest absolute Gasteiger partial charge is 0.497 e. The zero-order chi connectivity index (χ0) is 22.0. The number of hydrogen-bond donors (Lipinski definition) is 1. The summed E-state index contributed by atoms with van der Waals surface area (Å²) in [6, 6.07) is 11.4. The van der Waals surface area contributed by atoms with Crippen molar-refractivity contribution in [2.75, 3.05) is 33.8 Å². The van der Waals surface area contributed by atoms with Crippen molar-refractivity contribution in [3.05, 3.63) is 58.0 Å². The number of nitrogens with one attached hydrogen (secondary N) is 1. The fourth-order valence-electron chi connectivity index (χ4n) is 3.80.